The number of ether oxygens (including phenoxy) is 6. The molecule has 0 saturated carbocycles. The number of rotatable bonds is 23. The molecule has 0 aliphatic carbocycles. The van der Waals surface area contributed by atoms with Crippen molar-refractivity contribution in [2.75, 3.05) is 52.2 Å². The molecule has 0 spiro atoms. The fraction of sp³-hybridized carbons (Fsp3) is 0.447. The molecule has 1 aliphatic heterocycles. The molecule has 1 fully saturated rings. The second-order valence-corrected chi connectivity index (χ2v) is 19.3. The Balaban J connectivity index is 1.51. The van der Waals surface area contributed by atoms with Crippen LogP contribution in [0.25, 0.3) is 11.2 Å². The molecule has 5 aromatic rings. The van der Waals surface area contributed by atoms with Gasteiger partial charge in [0.15, 0.2) is 0 Å². The van der Waals surface area contributed by atoms with Crippen molar-refractivity contribution in [3.05, 3.63) is 108 Å². The summed E-state index contributed by atoms with van der Waals surface area (Å²) in [6.45, 7) is 7.27. The van der Waals surface area contributed by atoms with E-state index in [9.17, 15) is 32.9 Å². The van der Waals surface area contributed by atoms with Crippen LogP contribution in [0.5, 0.6) is 11.5 Å². The Morgan fingerprint density at radius 1 is 0.913 bits per heavy atom. The van der Waals surface area contributed by atoms with Crippen molar-refractivity contribution in [1.82, 2.24) is 29.5 Å². The van der Waals surface area contributed by atoms with Gasteiger partial charge in [0.2, 0.25) is 0 Å². The number of nitrogens with one attached hydrogen (secondary N) is 2. The Bertz CT molecular complexity index is 2460. The number of hydrogen-bond acceptors (Lipinski definition) is 15. The quantitative estimate of drug-likeness (QED) is 0.0271. The first-order valence-electron chi connectivity index (χ1n) is 22.2. The Morgan fingerprint density at radius 3 is 2.07 bits per heavy atom. The second-order valence-electron chi connectivity index (χ2n) is 16.6. The number of amides is 2. The molecule has 0 radical (unpaired) electrons. The van der Waals surface area contributed by atoms with Crippen LogP contribution in [0, 0.1) is 11.3 Å². The summed E-state index contributed by atoms with van der Waals surface area (Å²) in [5.74, 6) is -1.20. The molecule has 18 nitrogen and oxygen atoms in total. The third-order valence-electron chi connectivity index (χ3n) is 11.4. The van der Waals surface area contributed by atoms with Gasteiger partial charge in [-0.25, -0.2) is 0 Å². The Kier molecular flexibility index (Phi) is 17.7. The number of benzene rings is 3. The predicted molar refractivity (Wildman–Crippen MR) is 249 cm³/mol. The first kappa shape index (κ1) is 52.5. The van der Waals surface area contributed by atoms with Crippen molar-refractivity contribution in [2.45, 2.75) is 89.4 Å². The predicted octanol–water partition coefficient (Wildman–Crippen LogP) is 6.65. The number of nitrogens with zero attached hydrogens (tertiary/aromatic N) is 6. The third-order valence-corrected chi connectivity index (χ3v) is 14.8. The monoisotopic (exact) mass is 982 g/mol. The van der Waals surface area contributed by atoms with Crippen LogP contribution in [0.15, 0.2) is 91.5 Å². The Hall–Kier alpha value is -5.82. The number of carbonyl (C=O) groups is 2. The zero-order valence-electron chi connectivity index (χ0n) is 39.3. The van der Waals surface area contributed by atoms with Crippen molar-refractivity contribution >= 4 is 36.7 Å². The molecule has 0 unspecified atom stereocenters. The van der Waals surface area contributed by atoms with Crippen LogP contribution in [0.4, 0.5) is 19.0 Å². The number of alkyl halides is 3. The number of nitriles is 1. The molecule has 6 rings (SSSR count). The van der Waals surface area contributed by atoms with E-state index in [4.69, 9.17) is 32.9 Å². The van der Waals surface area contributed by atoms with Gasteiger partial charge in [-0.1, -0.05) is 0 Å². The average molecular weight is 983 g/mol. The molecular weight excluding hydrogens is 925 g/mol. The second kappa shape index (κ2) is 23.2. The first-order chi connectivity index (χ1) is 33.0. The van der Waals surface area contributed by atoms with Gasteiger partial charge in [-0.2, -0.15) is 0 Å². The molecule has 1 saturated heterocycles. The number of anilines is 1. The topological polar surface area (TPSA) is 214 Å². The SMILES string of the molecule is COc1ccc(C(OC[C@H]2O[C@@H](n3cnc4c(NC(C)=O)ncnc43)[C@H](OCOCCNC(=O)C(F)(F)F)[C@@H]2O[PH](O)(CCC#N)N(C(C)C)C(C)C)(c2ccccc2)c2ccc(OC)cc2)cc1. The van der Waals surface area contributed by atoms with Gasteiger partial charge < -0.3 is 0 Å². The van der Waals surface area contributed by atoms with Crippen LogP contribution in [0.1, 0.15) is 64.0 Å². The number of aromatic nitrogens is 4. The summed E-state index contributed by atoms with van der Waals surface area (Å²) in [6, 6.07) is 26.0. The summed E-state index contributed by atoms with van der Waals surface area (Å²) in [5.41, 5.74) is 1.21. The molecule has 22 heteroatoms. The Morgan fingerprint density at radius 2 is 1.52 bits per heavy atom. The number of carbonyl (C=O) groups excluding carboxylic acids is 2. The maximum atomic E-state index is 12.9. The molecule has 1 aliphatic rings. The molecule has 3 N–H and O–H groups in total. The molecule has 4 atom stereocenters. The number of hydrogen-bond donors (Lipinski definition) is 3. The van der Waals surface area contributed by atoms with E-state index in [2.05, 4.69) is 26.3 Å². The van der Waals surface area contributed by atoms with Crippen LogP contribution in [-0.4, -0.2) is 124 Å². The number of methoxy groups -OCH3 is 2. The summed E-state index contributed by atoms with van der Waals surface area (Å²) in [5, 5.41) is 14.3. The standard InChI is InChI=1S/C47H58F3N8O10P/c1-30(2)58(31(3)4)69(61,25-11-22-51)68-40-38(26-66-46(33-12-9-8-10-13-33,34-14-18-36(62-6)19-15-34)35-16-20-37(63-7)21-17-35)67-44(41(40)65-29-64-24-23-52-45(60)47(48,49)50)57-28-55-39-42(56-32(5)59)53-27-54-43(39)57/h8-10,12-21,27-28,30-31,38,40-41,44,61,69H,11,23-26,29H2,1-7H3,(H,52,60)(H,53,54,56,59)/t38-,40-,41-,44-/m1/s1. The molecule has 2 aromatic heterocycles. The molecule has 69 heavy (non-hydrogen) atoms. The van der Waals surface area contributed by atoms with E-state index in [0.717, 1.165) is 5.56 Å². The van der Waals surface area contributed by atoms with Crippen LogP contribution >= 0.6 is 7.87 Å². The van der Waals surface area contributed by atoms with Gasteiger partial charge in [0.25, 0.3) is 0 Å². The van der Waals surface area contributed by atoms with Gasteiger partial charge in [0.1, 0.15) is 0 Å². The van der Waals surface area contributed by atoms with Crippen LogP contribution in [-0.2, 0) is 38.7 Å². The van der Waals surface area contributed by atoms with Crippen LogP contribution in [0.3, 0.4) is 0 Å². The van der Waals surface area contributed by atoms with Crippen molar-refractivity contribution in [3.63, 3.8) is 0 Å². The van der Waals surface area contributed by atoms with Crippen LogP contribution < -0.4 is 20.1 Å². The van der Waals surface area contributed by atoms with E-state index in [0.29, 0.717) is 22.6 Å². The number of imidazole rings is 1. The van der Waals surface area contributed by atoms with E-state index >= 15 is 0 Å². The van der Waals surface area contributed by atoms with Crippen molar-refractivity contribution in [3.8, 4) is 17.6 Å². The zero-order valence-corrected chi connectivity index (χ0v) is 40.3. The molecule has 3 heterocycles. The molecule has 372 valence electrons. The van der Waals surface area contributed by atoms with Crippen molar-refractivity contribution in [2.24, 2.45) is 0 Å². The zero-order chi connectivity index (χ0) is 49.9. The van der Waals surface area contributed by atoms with E-state index in [1.54, 1.807) is 24.1 Å². The van der Waals surface area contributed by atoms with Gasteiger partial charge in [0.05, 0.1) is 0 Å². The normalized spacial score (nSPS) is 17.9. The van der Waals surface area contributed by atoms with E-state index in [-0.39, 0.29) is 54.9 Å². The van der Waals surface area contributed by atoms with Gasteiger partial charge in [-0.15, -0.1) is 0 Å². The van der Waals surface area contributed by atoms with E-state index in [1.165, 1.54) is 19.6 Å². The van der Waals surface area contributed by atoms with Crippen LogP contribution in [0.2, 0.25) is 0 Å². The minimum atomic E-state index is -5.09. The third kappa shape index (κ3) is 12.1. The first-order valence-corrected chi connectivity index (χ1v) is 24.2. The molecule has 0 bridgehead atoms. The summed E-state index contributed by atoms with van der Waals surface area (Å²) >= 11 is 0. The van der Waals surface area contributed by atoms with Gasteiger partial charge in [-0.05, 0) is 0 Å². The fourth-order valence-corrected chi connectivity index (χ4v) is 11.8. The summed E-state index contributed by atoms with van der Waals surface area (Å²) in [7, 11) is -1.04. The van der Waals surface area contributed by atoms with E-state index in [1.807, 2.05) is 111 Å². The van der Waals surface area contributed by atoms with E-state index < -0.39 is 69.3 Å². The summed E-state index contributed by atoms with van der Waals surface area (Å²) in [4.78, 5) is 49.8. The van der Waals surface area contributed by atoms with Gasteiger partial charge in [-0.3, -0.25) is 0 Å². The van der Waals surface area contributed by atoms with Crippen molar-refractivity contribution in [1.29, 1.82) is 5.26 Å². The van der Waals surface area contributed by atoms with Gasteiger partial charge >= 0.3 is 399 Å². The average Bonchev–Trinajstić information content (AvgIpc) is 3.90. The summed E-state index contributed by atoms with van der Waals surface area (Å²) < 4.78 is 86.8. The van der Waals surface area contributed by atoms with Gasteiger partial charge in [0, 0.05) is 0 Å². The number of fused-ring (bicyclic) bond motifs is 1. The Labute approximate surface area is 398 Å². The summed E-state index contributed by atoms with van der Waals surface area (Å²) in [6.07, 6.45) is -7.30. The fourth-order valence-electron chi connectivity index (χ4n) is 8.57. The molecular formula is C47H58F3N8O10P. The molecule has 2 amide bonds. The van der Waals surface area contributed by atoms with Crippen molar-refractivity contribution < 1.29 is 60.6 Å². The minimum absolute atomic E-state index is 0.0380. The number of halogens is 3. The molecule has 3 aromatic carbocycles. The maximum absolute atomic E-state index is 12.9.